The molecule has 0 spiro atoms. The zero-order valence-corrected chi connectivity index (χ0v) is 9.43. The molecule has 0 unspecified atom stereocenters. The Morgan fingerprint density at radius 3 is 2.71 bits per heavy atom. The van der Waals surface area contributed by atoms with Crippen LogP contribution in [0.1, 0.15) is 17.3 Å². The maximum absolute atomic E-state index is 10.7. The highest BCUT2D eigenvalue weighted by atomic mass is 16.5. The Morgan fingerprint density at radius 2 is 2.00 bits per heavy atom. The van der Waals surface area contributed by atoms with E-state index in [0.29, 0.717) is 11.3 Å². The van der Waals surface area contributed by atoms with Gasteiger partial charge in [-0.25, -0.2) is 0 Å². The van der Waals surface area contributed by atoms with Crippen LogP contribution in [0.25, 0.3) is 0 Å². The lowest BCUT2D eigenvalue weighted by Gasteiger charge is -2.03. The number of carbonyl (C=O) groups is 2. The van der Waals surface area contributed by atoms with Crippen molar-refractivity contribution < 1.29 is 19.1 Å². The summed E-state index contributed by atoms with van der Waals surface area (Å²) in [7, 11) is 0. The highest BCUT2D eigenvalue weighted by Crippen LogP contribution is 2.14. The highest BCUT2D eigenvalue weighted by molar-refractivity contribution is 5.79. The van der Waals surface area contributed by atoms with Gasteiger partial charge in [0.15, 0.2) is 12.9 Å². The van der Waals surface area contributed by atoms with Crippen LogP contribution in [-0.2, 0) is 9.53 Å². The molecule has 0 heterocycles. The third-order valence-electron chi connectivity index (χ3n) is 1.82. The molecule has 0 aromatic heterocycles. The number of carbonyl (C=O) groups excluding carboxylic acids is 2. The number of esters is 1. The van der Waals surface area contributed by atoms with Crippen molar-refractivity contribution in [3.05, 3.63) is 29.8 Å². The number of aldehydes is 1. The third-order valence-corrected chi connectivity index (χ3v) is 1.82. The van der Waals surface area contributed by atoms with Crippen molar-refractivity contribution in [2.45, 2.75) is 6.92 Å². The van der Waals surface area contributed by atoms with Gasteiger partial charge in [-0.05, 0) is 12.1 Å². The number of hydrogen-bond acceptors (Lipinski definition) is 4. The summed E-state index contributed by atoms with van der Waals surface area (Å²) in [5.74, 6) is 5.41. The Hall–Kier alpha value is -2.28. The molecule has 1 rings (SSSR count). The zero-order valence-electron chi connectivity index (χ0n) is 9.43. The second kappa shape index (κ2) is 7.07. The van der Waals surface area contributed by atoms with Crippen molar-refractivity contribution >= 4 is 12.3 Å². The van der Waals surface area contributed by atoms with E-state index in [1.165, 1.54) is 6.92 Å². The van der Waals surface area contributed by atoms with Gasteiger partial charge in [-0.15, -0.1) is 0 Å². The monoisotopic (exact) mass is 232 g/mol. The zero-order chi connectivity index (χ0) is 12.5. The molecule has 0 fully saturated rings. The van der Waals surface area contributed by atoms with Crippen LogP contribution >= 0.6 is 0 Å². The van der Waals surface area contributed by atoms with Gasteiger partial charge < -0.3 is 9.47 Å². The van der Waals surface area contributed by atoms with Crippen molar-refractivity contribution in [3.63, 3.8) is 0 Å². The first-order valence-electron chi connectivity index (χ1n) is 5.00. The smallest absolute Gasteiger partial charge is 0.303 e. The largest absolute Gasteiger partial charge is 0.480 e. The SMILES string of the molecule is CC(=O)OCC#CCOc1ccccc1C=O. The molecular formula is C13H12O4. The summed E-state index contributed by atoms with van der Waals surface area (Å²) < 4.78 is 9.90. The van der Waals surface area contributed by atoms with E-state index in [-0.39, 0.29) is 19.2 Å². The fourth-order valence-electron chi connectivity index (χ4n) is 1.06. The molecule has 0 aliphatic rings. The summed E-state index contributed by atoms with van der Waals surface area (Å²) in [5, 5.41) is 0. The van der Waals surface area contributed by atoms with Crippen LogP contribution in [0.2, 0.25) is 0 Å². The molecule has 0 amide bonds. The average molecular weight is 232 g/mol. The molecule has 4 heteroatoms. The number of ether oxygens (including phenoxy) is 2. The molecule has 4 nitrogen and oxygen atoms in total. The van der Waals surface area contributed by atoms with Gasteiger partial charge in [-0.3, -0.25) is 9.59 Å². The minimum Gasteiger partial charge on any atom is -0.480 e. The first-order chi connectivity index (χ1) is 8.24. The molecule has 88 valence electrons. The Kier molecular flexibility index (Phi) is 5.32. The van der Waals surface area contributed by atoms with Crippen molar-refractivity contribution in [2.75, 3.05) is 13.2 Å². The second-order valence-electron chi connectivity index (χ2n) is 3.08. The van der Waals surface area contributed by atoms with Crippen LogP contribution in [0.5, 0.6) is 5.75 Å². The summed E-state index contributed by atoms with van der Waals surface area (Å²) in [6.45, 7) is 1.51. The molecule has 0 radical (unpaired) electrons. The molecule has 0 aliphatic heterocycles. The van der Waals surface area contributed by atoms with E-state index in [1.807, 2.05) is 0 Å². The first-order valence-corrected chi connectivity index (χ1v) is 5.00. The van der Waals surface area contributed by atoms with Gasteiger partial charge in [0.1, 0.15) is 12.4 Å². The summed E-state index contributed by atoms with van der Waals surface area (Å²) in [6.07, 6.45) is 0.724. The van der Waals surface area contributed by atoms with Crippen molar-refractivity contribution in [3.8, 4) is 17.6 Å². The molecule has 0 saturated heterocycles. The molecule has 0 saturated carbocycles. The number of benzene rings is 1. The number of para-hydroxylation sites is 1. The Morgan fingerprint density at radius 1 is 1.29 bits per heavy atom. The van der Waals surface area contributed by atoms with E-state index in [0.717, 1.165) is 6.29 Å². The maximum atomic E-state index is 10.7. The lowest BCUT2D eigenvalue weighted by atomic mass is 10.2. The normalized spacial score (nSPS) is 8.76. The van der Waals surface area contributed by atoms with Gasteiger partial charge >= 0.3 is 5.97 Å². The fourth-order valence-corrected chi connectivity index (χ4v) is 1.06. The standard InChI is InChI=1S/C13H12O4/c1-11(15)16-8-4-5-9-17-13-7-3-2-6-12(13)10-14/h2-3,6-7,10H,8-9H2,1H3. The van der Waals surface area contributed by atoms with E-state index < -0.39 is 0 Å². The van der Waals surface area contributed by atoms with Crippen molar-refractivity contribution in [1.82, 2.24) is 0 Å². The molecule has 0 N–H and O–H groups in total. The minimum atomic E-state index is -0.369. The summed E-state index contributed by atoms with van der Waals surface area (Å²) in [4.78, 5) is 21.1. The average Bonchev–Trinajstić information content (AvgIpc) is 2.33. The van der Waals surface area contributed by atoms with Gasteiger partial charge in [0, 0.05) is 6.92 Å². The first kappa shape index (κ1) is 12.8. The molecular weight excluding hydrogens is 220 g/mol. The van der Waals surface area contributed by atoms with E-state index in [9.17, 15) is 9.59 Å². The second-order valence-corrected chi connectivity index (χ2v) is 3.08. The van der Waals surface area contributed by atoms with E-state index >= 15 is 0 Å². The van der Waals surface area contributed by atoms with Gasteiger partial charge in [0.05, 0.1) is 5.56 Å². The fraction of sp³-hybridized carbons (Fsp3) is 0.231. The quantitative estimate of drug-likeness (QED) is 0.448. The predicted octanol–water partition coefficient (Wildman–Crippen LogP) is 1.44. The summed E-state index contributed by atoms with van der Waals surface area (Å²) >= 11 is 0. The van der Waals surface area contributed by atoms with Crippen LogP contribution in [0.4, 0.5) is 0 Å². The van der Waals surface area contributed by atoms with E-state index in [4.69, 9.17) is 4.74 Å². The van der Waals surface area contributed by atoms with Gasteiger partial charge in [0.25, 0.3) is 0 Å². The Balaban J connectivity index is 2.40. The lowest BCUT2D eigenvalue weighted by molar-refractivity contribution is -0.139. The van der Waals surface area contributed by atoms with Gasteiger partial charge in [0.2, 0.25) is 0 Å². The van der Waals surface area contributed by atoms with E-state index in [2.05, 4.69) is 16.6 Å². The summed E-state index contributed by atoms with van der Waals surface area (Å²) in [6, 6.07) is 6.88. The van der Waals surface area contributed by atoms with Crippen LogP contribution in [-0.4, -0.2) is 25.5 Å². The maximum Gasteiger partial charge on any atom is 0.303 e. The number of rotatable bonds is 4. The summed E-state index contributed by atoms with van der Waals surface area (Å²) in [5.41, 5.74) is 0.481. The topological polar surface area (TPSA) is 52.6 Å². The van der Waals surface area contributed by atoms with Crippen LogP contribution < -0.4 is 4.74 Å². The Labute approximate surface area is 99.5 Å². The van der Waals surface area contributed by atoms with Crippen molar-refractivity contribution in [1.29, 1.82) is 0 Å². The molecule has 1 aromatic rings. The molecule has 0 bridgehead atoms. The highest BCUT2D eigenvalue weighted by Gasteiger charge is 1.99. The van der Waals surface area contributed by atoms with Crippen LogP contribution in [0, 0.1) is 11.8 Å². The minimum absolute atomic E-state index is 0.0496. The molecule has 17 heavy (non-hydrogen) atoms. The Bertz CT molecular complexity index is 454. The molecule has 1 aromatic carbocycles. The third kappa shape index (κ3) is 4.85. The van der Waals surface area contributed by atoms with Gasteiger partial charge in [-0.1, -0.05) is 24.0 Å². The predicted molar refractivity (Wildman–Crippen MR) is 61.7 cm³/mol. The van der Waals surface area contributed by atoms with E-state index in [1.54, 1.807) is 24.3 Å². The van der Waals surface area contributed by atoms with Crippen LogP contribution in [0.15, 0.2) is 24.3 Å². The van der Waals surface area contributed by atoms with Crippen LogP contribution in [0.3, 0.4) is 0 Å². The lowest BCUT2D eigenvalue weighted by Crippen LogP contribution is -2.00. The molecule has 0 atom stereocenters. The van der Waals surface area contributed by atoms with Gasteiger partial charge in [-0.2, -0.15) is 0 Å². The number of hydrogen-bond donors (Lipinski definition) is 0. The molecule has 0 aliphatic carbocycles. The van der Waals surface area contributed by atoms with Crippen molar-refractivity contribution in [2.24, 2.45) is 0 Å².